The van der Waals surface area contributed by atoms with Crippen LogP contribution in [0.5, 0.6) is 0 Å². The van der Waals surface area contributed by atoms with Crippen LogP contribution in [-0.4, -0.2) is 11.2 Å². The molecule has 0 atom stereocenters. The first-order valence-corrected chi connectivity index (χ1v) is 3.77. The summed E-state index contributed by atoms with van der Waals surface area (Å²) in [7, 11) is 0. The van der Waals surface area contributed by atoms with Gasteiger partial charge in [-0.1, -0.05) is 0 Å². The van der Waals surface area contributed by atoms with Crippen molar-refractivity contribution in [2.75, 3.05) is 12.3 Å². The highest BCUT2D eigenvalue weighted by atomic mass is 16.5. The Hall–Kier alpha value is -1.29. The van der Waals surface area contributed by atoms with Crippen LogP contribution < -0.4 is 11.2 Å². The second kappa shape index (κ2) is 3.92. The van der Waals surface area contributed by atoms with Crippen LogP contribution in [-0.2, 0) is 11.5 Å². The summed E-state index contributed by atoms with van der Waals surface area (Å²) in [6.45, 7) is 2.99. The number of nitrogens with two attached hydrogens (primary N) is 1. The summed E-state index contributed by atoms with van der Waals surface area (Å²) in [6, 6.07) is 1.42. The Morgan fingerprint density at radius 2 is 2.42 bits per heavy atom. The zero-order chi connectivity index (χ0) is 8.97. The number of pyridine rings is 1. The molecule has 0 unspecified atom stereocenters. The first-order valence-electron chi connectivity index (χ1n) is 3.77. The van der Waals surface area contributed by atoms with E-state index in [9.17, 15) is 4.79 Å². The van der Waals surface area contributed by atoms with Gasteiger partial charge in [-0.3, -0.25) is 4.79 Å². The van der Waals surface area contributed by atoms with Gasteiger partial charge in [0.15, 0.2) is 0 Å². The van der Waals surface area contributed by atoms with Gasteiger partial charge in [-0.05, 0) is 6.92 Å². The highest BCUT2D eigenvalue weighted by molar-refractivity contribution is 5.33. The predicted octanol–water partition coefficient (Wildman–Crippen LogP) is 0.424. The summed E-state index contributed by atoms with van der Waals surface area (Å²) < 4.78 is 6.84. The Bertz CT molecular complexity index is 306. The van der Waals surface area contributed by atoms with Gasteiger partial charge in [0.1, 0.15) is 6.73 Å². The number of anilines is 1. The topological polar surface area (TPSA) is 57.2 Å². The van der Waals surface area contributed by atoms with E-state index in [0.717, 1.165) is 0 Å². The predicted molar refractivity (Wildman–Crippen MR) is 46.7 cm³/mol. The average Bonchev–Trinajstić information content (AvgIpc) is 2.07. The lowest BCUT2D eigenvalue weighted by Crippen LogP contribution is -2.11. The molecule has 2 N–H and O–H groups in total. The molecule has 0 radical (unpaired) electrons. The van der Waals surface area contributed by atoms with Crippen LogP contribution in [0.2, 0.25) is 0 Å². The minimum Gasteiger partial charge on any atom is -0.394 e. The first-order chi connectivity index (χ1) is 5.74. The van der Waals surface area contributed by atoms with Gasteiger partial charge >= 0.3 is 0 Å². The standard InChI is InChI=1S/C8H12N2O2/c1-2-12-6-10-4-3-8(11)7(9)5-10/h3-5H,2,6,9H2,1H3. The second-order valence-electron chi connectivity index (χ2n) is 2.40. The number of hydrogen-bond donors (Lipinski definition) is 1. The quantitative estimate of drug-likeness (QED) is 0.711. The monoisotopic (exact) mass is 168 g/mol. The fourth-order valence-electron chi connectivity index (χ4n) is 0.822. The van der Waals surface area contributed by atoms with Crippen LogP contribution >= 0.6 is 0 Å². The average molecular weight is 168 g/mol. The Labute approximate surface area is 70.6 Å². The summed E-state index contributed by atoms with van der Waals surface area (Å²) in [5.41, 5.74) is 5.50. The maximum absolute atomic E-state index is 10.9. The summed E-state index contributed by atoms with van der Waals surface area (Å²) >= 11 is 0. The van der Waals surface area contributed by atoms with E-state index in [1.807, 2.05) is 6.92 Å². The molecule has 1 aromatic rings. The van der Waals surface area contributed by atoms with E-state index in [0.29, 0.717) is 13.3 Å². The van der Waals surface area contributed by atoms with Crippen molar-refractivity contribution >= 4 is 5.69 Å². The zero-order valence-electron chi connectivity index (χ0n) is 6.99. The molecular formula is C8H12N2O2. The Morgan fingerprint density at radius 3 is 3.00 bits per heavy atom. The third-order valence-electron chi connectivity index (χ3n) is 1.45. The summed E-state index contributed by atoms with van der Waals surface area (Å²) in [5, 5.41) is 0. The van der Waals surface area contributed by atoms with Gasteiger partial charge < -0.3 is 15.0 Å². The van der Waals surface area contributed by atoms with Crippen molar-refractivity contribution in [1.29, 1.82) is 0 Å². The van der Waals surface area contributed by atoms with Crippen LogP contribution in [0.3, 0.4) is 0 Å². The largest absolute Gasteiger partial charge is 0.394 e. The van der Waals surface area contributed by atoms with Crippen LogP contribution in [0.25, 0.3) is 0 Å². The highest BCUT2D eigenvalue weighted by Crippen LogP contribution is 1.93. The molecule has 0 spiro atoms. The lowest BCUT2D eigenvalue weighted by atomic mass is 10.4. The molecule has 0 fully saturated rings. The number of nitrogen functional groups attached to an aromatic ring is 1. The Morgan fingerprint density at radius 1 is 1.67 bits per heavy atom. The molecule has 1 heterocycles. The van der Waals surface area contributed by atoms with Gasteiger partial charge in [0.05, 0.1) is 5.69 Å². The van der Waals surface area contributed by atoms with Crippen molar-refractivity contribution in [3.05, 3.63) is 28.7 Å². The van der Waals surface area contributed by atoms with Crippen molar-refractivity contribution in [3.8, 4) is 0 Å². The second-order valence-corrected chi connectivity index (χ2v) is 2.40. The molecular weight excluding hydrogens is 156 g/mol. The van der Waals surface area contributed by atoms with E-state index in [4.69, 9.17) is 10.5 Å². The van der Waals surface area contributed by atoms with Gasteiger partial charge in [0.2, 0.25) is 5.43 Å². The molecule has 1 rings (SSSR count). The molecule has 0 saturated carbocycles. The zero-order valence-corrected chi connectivity index (χ0v) is 6.99. The fourth-order valence-corrected chi connectivity index (χ4v) is 0.822. The third kappa shape index (κ3) is 2.10. The van der Waals surface area contributed by atoms with Crippen molar-refractivity contribution < 1.29 is 4.74 Å². The smallest absolute Gasteiger partial charge is 0.204 e. The van der Waals surface area contributed by atoms with Crippen LogP contribution in [0, 0.1) is 0 Å². The minimum absolute atomic E-state index is 0.150. The van der Waals surface area contributed by atoms with E-state index < -0.39 is 0 Å². The molecule has 0 saturated heterocycles. The SMILES string of the molecule is CCOCn1ccc(=O)c(N)c1. The third-order valence-corrected chi connectivity index (χ3v) is 1.45. The van der Waals surface area contributed by atoms with E-state index in [-0.39, 0.29) is 11.1 Å². The first kappa shape index (κ1) is 8.80. The lowest BCUT2D eigenvalue weighted by molar-refractivity contribution is 0.0875. The van der Waals surface area contributed by atoms with Crippen molar-refractivity contribution in [3.63, 3.8) is 0 Å². The lowest BCUT2D eigenvalue weighted by Gasteiger charge is -2.05. The molecule has 0 aliphatic carbocycles. The molecule has 0 aliphatic rings. The molecule has 4 nitrogen and oxygen atoms in total. The van der Waals surface area contributed by atoms with Gasteiger partial charge in [-0.15, -0.1) is 0 Å². The van der Waals surface area contributed by atoms with Gasteiger partial charge in [0, 0.05) is 25.1 Å². The van der Waals surface area contributed by atoms with E-state index in [1.165, 1.54) is 6.07 Å². The van der Waals surface area contributed by atoms with Gasteiger partial charge in [0.25, 0.3) is 0 Å². The van der Waals surface area contributed by atoms with Crippen LogP contribution in [0.15, 0.2) is 23.3 Å². The van der Waals surface area contributed by atoms with Crippen molar-refractivity contribution in [1.82, 2.24) is 4.57 Å². The molecule has 1 aromatic heterocycles. The number of aromatic nitrogens is 1. The van der Waals surface area contributed by atoms with Crippen LogP contribution in [0.1, 0.15) is 6.92 Å². The van der Waals surface area contributed by atoms with Crippen LogP contribution in [0.4, 0.5) is 5.69 Å². The molecule has 0 amide bonds. The van der Waals surface area contributed by atoms with E-state index in [1.54, 1.807) is 17.0 Å². The maximum Gasteiger partial charge on any atom is 0.204 e. The number of rotatable bonds is 3. The fraction of sp³-hybridized carbons (Fsp3) is 0.375. The Kier molecular flexibility index (Phi) is 2.88. The molecule has 66 valence electrons. The molecule has 12 heavy (non-hydrogen) atoms. The van der Waals surface area contributed by atoms with E-state index in [2.05, 4.69) is 0 Å². The number of hydrogen-bond acceptors (Lipinski definition) is 3. The summed E-state index contributed by atoms with van der Waals surface area (Å²) in [4.78, 5) is 10.9. The molecule has 0 aliphatic heterocycles. The molecule has 4 heteroatoms. The number of nitrogens with zero attached hydrogens (tertiary/aromatic N) is 1. The number of ether oxygens (including phenoxy) is 1. The highest BCUT2D eigenvalue weighted by Gasteiger charge is 1.93. The Balaban J connectivity index is 2.75. The van der Waals surface area contributed by atoms with Gasteiger partial charge in [-0.25, -0.2) is 0 Å². The summed E-state index contributed by atoms with van der Waals surface area (Å²) in [5.74, 6) is 0. The summed E-state index contributed by atoms with van der Waals surface area (Å²) in [6.07, 6.45) is 3.21. The van der Waals surface area contributed by atoms with E-state index >= 15 is 0 Å². The minimum atomic E-state index is -0.150. The van der Waals surface area contributed by atoms with Crippen molar-refractivity contribution in [2.45, 2.75) is 13.7 Å². The maximum atomic E-state index is 10.9. The molecule has 0 aromatic carbocycles. The normalized spacial score (nSPS) is 10.1. The molecule has 0 bridgehead atoms. The van der Waals surface area contributed by atoms with Crippen molar-refractivity contribution in [2.24, 2.45) is 0 Å². The van der Waals surface area contributed by atoms with Gasteiger partial charge in [-0.2, -0.15) is 0 Å².